The molecule has 2 heterocycles. The lowest BCUT2D eigenvalue weighted by Crippen LogP contribution is -2.38. The van der Waals surface area contributed by atoms with Gasteiger partial charge < -0.3 is 14.2 Å². The van der Waals surface area contributed by atoms with Crippen molar-refractivity contribution in [1.29, 1.82) is 0 Å². The predicted octanol–water partition coefficient (Wildman–Crippen LogP) is 3.31. The fourth-order valence-corrected chi connectivity index (χ4v) is 4.36. The lowest BCUT2D eigenvalue weighted by molar-refractivity contribution is 0.0155. The Balaban J connectivity index is 1.89. The zero-order valence-electron chi connectivity index (χ0n) is 13.3. The van der Waals surface area contributed by atoms with E-state index in [1.165, 1.54) is 27.8 Å². The summed E-state index contributed by atoms with van der Waals surface area (Å²) < 4.78 is 17.5. The van der Waals surface area contributed by atoms with Crippen molar-refractivity contribution in [3.63, 3.8) is 0 Å². The van der Waals surface area contributed by atoms with Gasteiger partial charge in [-0.3, -0.25) is 4.90 Å². The molecule has 23 heavy (non-hydrogen) atoms. The highest BCUT2D eigenvalue weighted by atomic mass is 16.7. The van der Waals surface area contributed by atoms with E-state index in [4.69, 9.17) is 14.2 Å². The SMILES string of the molecule is CO[C@H]1c2ccccc2-c2c3c(cc4c2[C@@H]1N(C)CC4)OCO3. The molecule has 4 heteroatoms. The van der Waals surface area contributed by atoms with Crippen molar-refractivity contribution in [2.24, 2.45) is 0 Å². The second-order valence-electron chi connectivity index (χ2n) is 6.48. The molecule has 0 saturated heterocycles. The summed E-state index contributed by atoms with van der Waals surface area (Å²) in [7, 11) is 3.99. The highest BCUT2D eigenvalue weighted by molar-refractivity contribution is 5.84. The Morgan fingerprint density at radius 1 is 1.22 bits per heavy atom. The van der Waals surface area contributed by atoms with E-state index in [2.05, 4.69) is 42.3 Å². The number of nitrogens with zero attached hydrogens (tertiary/aromatic N) is 1. The Hall–Kier alpha value is -2.04. The van der Waals surface area contributed by atoms with E-state index in [1.807, 2.05) is 7.11 Å². The van der Waals surface area contributed by atoms with E-state index in [1.54, 1.807) is 0 Å². The highest BCUT2D eigenvalue weighted by Crippen LogP contribution is 2.57. The monoisotopic (exact) mass is 309 g/mol. The lowest BCUT2D eigenvalue weighted by atomic mass is 9.75. The van der Waals surface area contributed by atoms with E-state index in [9.17, 15) is 0 Å². The second kappa shape index (κ2) is 4.73. The van der Waals surface area contributed by atoms with Gasteiger partial charge in [0, 0.05) is 19.2 Å². The number of likely N-dealkylation sites (N-methyl/N-ethyl adjacent to an activating group) is 1. The van der Waals surface area contributed by atoms with Crippen molar-refractivity contribution < 1.29 is 14.2 Å². The topological polar surface area (TPSA) is 30.9 Å². The van der Waals surface area contributed by atoms with Crippen LogP contribution in [0, 0.1) is 0 Å². The van der Waals surface area contributed by atoms with Crippen LogP contribution in [0.25, 0.3) is 11.1 Å². The molecule has 118 valence electrons. The maximum absolute atomic E-state index is 5.94. The van der Waals surface area contributed by atoms with Crippen LogP contribution in [0.2, 0.25) is 0 Å². The van der Waals surface area contributed by atoms with Gasteiger partial charge in [0.2, 0.25) is 6.79 Å². The van der Waals surface area contributed by atoms with E-state index in [0.29, 0.717) is 6.79 Å². The number of benzene rings is 2. The minimum Gasteiger partial charge on any atom is -0.454 e. The van der Waals surface area contributed by atoms with Crippen LogP contribution in [0.1, 0.15) is 28.8 Å². The van der Waals surface area contributed by atoms with Gasteiger partial charge in [-0.2, -0.15) is 0 Å². The minimum absolute atomic E-state index is 0.0446. The number of hydrogen-bond acceptors (Lipinski definition) is 4. The largest absolute Gasteiger partial charge is 0.454 e. The first-order chi connectivity index (χ1) is 11.3. The fourth-order valence-electron chi connectivity index (χ4n) is 4.36. The normalized spacial score (nSPS) is 24.3. The van der Waals surface area contributed by atoms with Crippen LogP contribution in [-0.2, 0) is 11.2 Å². The van der Waals surface area contributed by atoms with Crippen LogP contribution in [0.3, 0.4) is 0 Å². The van der Waals surface area contributed by atoms with Crippen LogP contribution in [0.4, 0.5) is 0 Å². The first kappa shape index (κ1) is 13.4. The van der Waals surface area contributed by atoms with Gasteiger partial charge in [0.15, 0.2) is 11.5 Å². The Bertz CT molecular complexity index is 801. The van der Waals surface area contributed by atoms with Crippen LogP contribution >= 0.6 is 0 Å². The Morgan fingerprint density at radius 2 is 2.09 bits per heavy atom. The number of rotatable bonds is 1. The zero-order chi connectivity index (χ0) is 15.6. The van der Waals surface area contributed by atoms with E-state index in [0.717, 1.165) is 24.5 Å². The summed E-state index contributed by atoms with van der Waals surface area (Å²) in [5.74, 6) is 1.78. The molecule has 1 aliphatic carbocycles. The molecule has 0 fully saturated rings. The molecule has 2 atom stereocenters. The van der Waals surface area contributed by atoms with Crippen molar-refractivity contribution in [3.05, 3.63) is 47.0 Å². The molecule has 3 aliphatic rings. The van der Waals surface area contributed by atoms with Crippen LogP contribution < -0.4 is 9.47 Å². The average molecular weight is 309 g/mol. The Morgan fingerprint density at radius 3 is 2.96 bits per heavy atom. The third kappa shape index (κ3) is 1.68. The lowest BCUT2D eigenvalue weighted by Gasteiger charge is -2.44. The van der Waals surface area contributed by atoms with Gasteiger partial charge in [-0.25, -0.2) is 0 Å². The molecule has 0 radical (unpaired) electrons. The van der Waals surface area contributed by atoms with Gasteiger partial charge in [-0.1, -0.05) is 24.3 Å². The molecule has 0 amide bonds. The van der Waals surface area contributed by atoms with Crippen molar-refractivity contribution in [2.45, 2.75) is 18.6 Å². The molecule has 5 rings (SSSR count). The molecule has 2 aromatic rings. The third-order valence-electron chi connectivity index (χ3n) is 5.37. The minimum atomic E-state index is 0.0446. The summed E-state index contributed by atoms with van der Waals surface area (Å²) in [5, 5.41) is 0. The van der Waals surface area contributed by atoms with Crippen molar-refractivity contribution in [1.82, 2.24) is 4.90 Å². The van der Waals surface area contributed by atoms with Crippen LogP contribution in [-0.4, -0.2) is 32.4 Å². The number of hydrogen-bond donors (Lipinski definition) is 0. The van der Waals surface area contributed by atoms with Crippen molar-refractivity contribution >= 4 is 0 Å². The molecule has 2 aromatic carbocycles. The van der Waals surface area contributed by atoms with E-state index >= 15 is 0 Å². The first-order valence-electron chi connectivity index (χ1n) is 8.07. The summed E-state index contributed by atoms with van der Waals surface area (Å²) >= 11 is 0. The number of fused-ring (bicyclic) bond motifs is 4. The fraction of sp³-hybridized carbons (Fsp3) is 0.368. The summed E-state index contributed by atoms with van der Waals surface area (Å²) in [5.41, 5.74) is 6.37. The molecule has 0 bridgehead atoms. The third-order valence-corrected chi connectivity index (χ3v) is 5.37. The summed E-state index contributed by atoms with van der Waals surface area (Å²) in [6.07, 6.45) is 1.08. The quantitative estimate of drug-likeness (QED) is 0.808. The van der Waals surface area contributed by atoms with Crippen molar-refractivity contribution in [2.75, 3.05) is 27.5 Å². The average Bonchev–Trinajstić information content (AvgIpc) is 3.05. The molecule has 0 unspecified atom stereocenters. The standard InChI is InChI=1S/C19H19NO3/c1-20-8-7-11-9-14-19(23-10-22-14)16-12-5-3-4-6-13(12)18(21-2)17(20)15(11)16/h3-6,9,17-18H,7-8,10H2,1-2H3/t17-,18-/m0/s1. The van der Waals surface area contributed by atoms with Gasteiger partial charge >= 0.3 is 0 Å². The molecule has 4 nitrogen and oxygen atoms in total. The van der Waals surface area contributed by atoms with Gasteiger partial charge in [-0.05, 0) is 41.8 Å². The summed E-state index contributed by atoms with van der Waals surface area (Å²) in [6, 6.07) is 10.9. The summed E-state index contributed by atoms with van der Waals surface area (Å²) in [4.78, 5) is 2.40. The molecular formula is C19H19NO3. The molecule has 0 saturated carbocycles. The number of methoxy groups -OCH3 is 1. The van der Waals surface area contributed by atoms with Gasteiger partial charge in [-0.15, -0.1) is 0 Å². The highest BCUT2D eigenvalue weighted by Gasteiger charge is 2.42. The number of ether oxygens (including phenoxy) is 3. The molecule has 0 N–H and O–H groups in total. The van der Waals surface area contributed by atoms with Gasteiger partial charge in [0.25, 0.3) is 0 Å². The predicted molar refractivity (Wildman–Crippen MR) is 86.8 cm³/mol. The second-order valence-corrected chi connectivity index (χ2v) is 6.48. The maximum atomic E-state index is 5.94. The summed E-state index contributed by atoms with van der Waals surface area (Å²) in [6.45, 7) is 1.33. The van der Waals surface area contributed by atoms with Gasteiger partial charge in [0.1, 0.15) is 6.10 Å². The molecular weight excluding hydrogens is 290 g/mol. The maximum Gasteiger partial charge on any atom is 0.231 e. The van der Waals surface area contributed by atoms with Crippen molar-refractivity contribution in [3.8, 4) is 22.6 Å². The van der Waals surface area contributed by atoms with Gasteiger partial charge in [0.05, 0.1) is 6.04 Å². The van der Waals surface area contributed by atoms with E-state index < -0.39 is 0 Å². The Labute approximate surface area is 135 Å². The first-order valence-corrected chi connectivity index (χ1v) is 8.07. The Kier molecular flexibility index (Phi) is 2.75. The smallest absolute Gasteiger partial charge is 0.231 e. The van der Waals surface area contributed by atoms with Crippen LogP contribution in [0.15, 0.2) is 30.3 Å². The zero-order valence-corrected chi connectivity index (χ0v) is 13.3. The molecule has 2 aliphatic heterocycles. The molecule has 0 spiro atoms. The molecule has 0 aromatic heterocycles. The van der Waals surface area contributed by atoms with E-state index in [-0.39, 0.29) is 12.1 Å². The van der Waals surface area contributed by atoms with Crippen LogP contribution in [0.5, 0.6) is 11.5 Å².